The van der Waals surface area contributed by atoms with Gasteiger partial charge in [0.15, 0.2) is 0 Å². The molecule has 32 heavy (non-hydrogen) atoms. The maximum Gasteiger partial charge on any atom is 0.273 e. The molecule has 0 aliphatic carbocycles. The Kier molecular flexibility index (Phi) is 5.18. The first-order chi connectivity index (χ1) is 15.4. The van der Waals surface area contributed by atoms with E-state index in [1.807, 2.05) is 34.6 Å². The molecule has 0 aromatic carbocycles. The Morgan fingerprint density at radius 1 is 1.25 bits per heavy atom. The van der Waals surface area contributed by atoms with Gasteiger partial charge in [-0.05, 0) is 36.8 Å². The molecule has 5 rings (SSSR count). The topological polar surface area (TPSA) is 85.7 Å². The van der Waals surface area contributed by atoms with E-state index in [1.54, 1.807) is 23.5 Å². The predicted octanol–water partition coefficient (Wildman–Crippen LogP) is 2.37. The Morgan fingerprint density at radius 3 is 2.75 bits per heavy atom. The SMILES string of the molecule is CNC(=O)c1ccc(N2CCN(Cc3cc4[nH]c(=O)c5c(C)ccn5c4s3)CC2)c(F)n1. The summed E-state index contributed by atoms with van der Waals surface area (Å²) in [5, 5.41) is 2.45. The lowest BCUT2D eigenvalue weighted by atomic mass is 10.2. The second-order valence-electron chi connectivity index (χ2n) is 7.95. The minimum Gasteiger partial charge on any atom is -0.365 e. The van der Waals surface area contributed by atoms with Crippen LogP contribution in [0.25, 0.3) is 15.9 Å². The highest BCUT2D eigenvalue weighted by atomic mass is 32.1. The van der Waals surface area contributed by atoms with Gasteiger partial charge in [-0.1, -0.05) is 0 Å². The van der Waals surface area contributed by atoms with Crippen molar-refractivity contribution in [3.63, 3.8) is 0 Å². The van der Waals surface area contributed by atoms with Crippen LogP contribution in [-0.4, -0.2) is 58.4 Å². The zero-order valence-corrected chi connectivity index (χ0v) is 18.6. The molecule has 0 saturated carbocycles. The van der Waals surface area contributed by atoms with Crippen LogP contribution in [0.1, 0.15) is 20.9 Å². The third-order valence-electron chi connectivity index (χ3n) is 5.91. The van der Waals surface area contributed by atoms with Crippen LogP contribution < -0.4 is 15.8 Å². The number of nitrogens with one attached hydrogen (secondary N) is 2. The van der Waals surface area contributed by atoms with Crippen molar-refractivity contribution in [2.24, 2.45) is 0 Å². The van der Waals surface area contributed by atoms with E-state index in [4.69, 9.17) is 0 Å². The standard InChI is InChI=1S/C22H23FN6O2S/c1-13-5-6-29-18(13)21(31)26-16-11-14(32-22(16)29)12-27-7-9-28(10-8-27)17-4-3-15(20(30)24-2)25-19(17)23/h3-6,11H,7-10,12H2,1-2H3,(H,24,30)(H,26,31). The lowest BCUT2D eigenvalue weighted by Gasteiger charge is -2.35. The second-order valence-corrected chi connectivity index (χ2v) is 9.07. The molecule has 1 aliphatic heterocycles. The van der Waals surface area contributed by atoms with Crippen molar-refractivity contribution in [2.45, 2.75) is 13.5 Å². The molecule has 1 aliphatic rings. The summed E-state index contributed by atoms with van der Waals surface area (Å²) in [7, 11) is 1.49. The van der Waals surface area contributed by atoms with Gasteiger partial charge in [-0.3, -0.25) is 14.5 Å². The van der Waals surface area contributed by atoms with Gasteiger partial charge < -0.3 is 19.6 Å². The number of amides is 1. The fourth-order valence-corrected chi connectivity index (χ4v) is 5.37. The summed E-state index contributed by atoms with van der Waals surface area (Å²) in [6, 6.07) is 7.17. The molecule has 1 amide bonds. The Balaban J connectivity index is 1.29. The molecule has 1 saturated heterocycles. The molecule has 166 valence electrons. The van der Waals surface area contributed by atoms with Crippen molar-refractivity contribution in [1.82, 2.24) is 24.6 Å². The number of anilines is 1. The Hall–Kier alpha value is -3.24. The Labute approximate surface area is 187 Å². The molecule has 4 aromatic rings. The highest BCUT2D eigenvalue weighted by Gasteiger charge is 2.22. The number of piperazine rings is 1. The van der Waals surface area contributed by atoms with Crippen molar-refractivity contribution in [3.05, 3.63) is 62.9 Å². The van der Waals surface area contributed by atoms with Gasteiger partial charge in [0.05, 0.1) is 11.2 Å². The number of fused-ring (bicyclic) bond motifs is 3. The van der Waals surface area contributed by atoms with E-state index >= 15 is 0 Å². The molecule has 4 aromatic heterocycles. The number of hydrogen-bond acceptors (Lipinski definition) is 6. The zero-order valence-electron chi connectivity index (χ0n) is 17.8. The van der Waals surface area contributed by atoms with E-state index in [9.17, 15) is 14.0 Å². The van der Waals surface area contributed by atoms with Gasteiger partial charge in [-0.2, -0.15) is 4.39 Å². The zero-order chi connectivity index (χ0) is 22.4. The van der Waals surface area contributed by atoms with Gasteiger partial charge in [-0.15, -0.1) is 11.3 Å². The molecule has 0 bridgehead atoms. The van der Waals surface area contributed by atoms with Gasteiger partial charge in [0.25, 0.3) is 11.5 Å². The summed E-state index contributed by atoms with van der Waals surface area (Å²) in [6.07, 6.45) is 1.94. The third kappa shape index (κ3) is 3.55. The maximum atomic E-state index is 14.5. The summed E-state index contributed by atoms with van der Waals surface area (Å²) >= 11 is 1.68. The number of H-pyrrole nitrogens is 1. The number of carbonyl (C=O) groups excluding carboxylic acids is 1. The normalized spacial score (nSPS) is 15.0. The van der Waals surface area contributed by atoms with Crippen LogP contribution in [0.5, 0.6) is 0 Å². The fourth-order valence-electron chi connectivity index (χ4n) is 4.23. The largest absolute Gasteiger partial charge is 0.365 e. The van der Waals surface area contributed by atoms with Gasteiger partial charge in [0, 0.05) is 50.8 Å². The smallest absolute Gasteiger partial charge is 0.273 e. The summed E-state index contributed by atoms with van der Waals surface area (Å²) in [5.74, 6) is -1.03. The summed E-state index contributed by atoms with van der Waals surface area (Å²) in [6.45, 7) is 5.60. The number of hydrogen-bond donors (Lipinski definition) is 2. The van der Waals surface area contributed by atoms with Crippen LogP contribution >= 0.6 is 11.3 Å². The molecule has 10 heteroatoms. The number of pyridine rings is 1. The lowest BCUT2D eigenvalue weighted by molar-refractivity contribution is 0.0957. The van der Waals surface area contributed by atoms with E-state index in [-0.39, 0.29) is 11.3 Å². The highest BCUT2D eigenvalue weighted by molar-refractivity contribution is 7.18. The van der Waals surface area contributed by atoms with Crippen molar-refractivity contribution in [3.8, 4) is 0 Å². The summed E-state index contributed by atoms with van der Waals surface area (Å²) in [5.41, 5.74) is 2.92. The van der Waals surface area contributed by atoms with Crippen molar-refractivity contribution in [2.75, 3.05) is 38.1 Å². The number of aromatic amines is 1. The minimum atomic E-state index is -0.626. The van der Waals surface area contributed by atoms with Crippen LogP contribution in [0.4, 0.5) is 10.1 Å². The predicted molar refractivity (Wildman–Crippen MR) is 123 cm³/mol. The summed E-state index contributed by atoms with van der Waals surface area (Å²) in [4.78, 5) is 37.3. The van der Waals surface area contributed by atoms with Crippen LogP contribution in [-0.2, 0) is 6.54 Å². The quantitative estimate of drug-likeness (QED) is 0.463. The van der Waals surface area contributed by atoms with Crippen molar-refractivity contribution >= 4 is 38.8 Å². The molecule has 0 radical (unpaired) electrons. The number of aromatic nitrogens is 3. The van der Waals surface area contributed by atoms with Crippen LogP contribution in [0.15, 0.2) is 35.3 Å². The van der Waals surface area contributed by atoms with Gasteiger partial charge >= 0.3 is 0 Å². The first-order valence-corrected chi connectivity index (χ1v) is 11.2. The number of rotatable bonds is 4. The Morgan fingerprint density at radius 2 is 2.03 bits per heavy atom. The number of thiophene rings is 1. The average Bonchev–Trinajstić information content (AvgIpc) is 3.37. The van der Waals surface area contributed by atoms with E-state index in [0.717, 1.165) is 35.5 Å². The van der Waals surface area contributed by atoms with Gasteiger partial charge in [0.2, 0.25) is 5.95 Å². The number of halogens is 1. The average molecular weight is 455 g/mol. The first kappa shape index (κ1) is 20.7. The fraction of sp³-hybridized carbons (Fsp3) is 0.318. The highest BCUT2D eigenvalue weighted by Crippen LogP contribution is 2.27. The van der Waals surface area contributed by atoms with Crippen molar-refractivity contribution in [1.29, 1.82) is 0 Å². The molecular weight excluding hydrogens is 431 g/mol. The molecule has 0 atom stereocenters. The second kappa shape index (κ2) is 8.03. The van der Waals surface area contributed by atoms with Crippen LogP contribution in [0.2, 0.25) is 0 Å². The van der Waals surface area contributed by atoms with Crippen molar-refractivity contribution < 1.29 is 9.18 Å². The molecule has 1 fully saturated rings. The molecule has 0 spiro atoms. The van der Waals surface area contributed by atoms with E-state index in [0.29, 0.717) is 24.3 Å². The maximum absolute atomic E-state index is 14.5. The van der Waals surface area contributed by atoms with Crippen LogP contribution in [0.3, 0.4) is 0 Å². The first-order valence-electron chi connectivity index (χ1n) is 10.4. The molecular formula is C22H23FN6O2S. The molecule has 2 N–H and O–H groups in total. The van der Waals surface area contributed by atoms with Crippen LogP contribution in [0, 0.1) is 12.9 Å². The van der Waals surface area contributed by atoms with Gasteiger partial charge in [0.1, 0.15) is 16.0 Å². The Bertz CT molecular complexity index is 1380. The van der Waals surface area contributed by atoms with E-state index in [1.165, 1.54) is 11.9 Å². The third-order valence-corrected chi connectivity index (χ3v) is 7.03. The molecule has 8 nitrogen and oxygen atoms in total. The number of nitrogens with zero attached hydrogens (tertiary/aromatic N) is 4. The van der Waals surface area contributed by atoms with Gasteiger partial charge in [-0.25, -0.2) is 4.98 Å². The lowest BCUT2D eigenvalue weighted by Crippen LogP contribution is -2.46. The number of aryl methyl sites for hydroxylation is 1. The van der Waals surface area contributed by atoms with E-state index in [2.05, 4.69) is 20.2 Å². The molecule has 5 heterocycles. The minimum absolute atomic E-state index is 0.0715. The monoisotopic (exact) mass is 454 g/mol. The molecule has 0 unspecified atom stereocenters. The summed E-state index contributed by atoms with van der Waals surface area (Å²) < 4.78 is 16.4. The van der Waals surface area contributed by atoms with E-state index < -0.39 is 11.9 Å². The number of carbonyl (C=O) groups is 1.